The van der Waals surface area contributed by atoms with Crippen molar-refractivity contribution in [1.82, 2.24) is 32.4 Å². The van der Waals surface area contributed by atoms with Crippen molar-refractivity contribution < 1.29 is 0 Å². The molecule has 0 bridgehead atoms. The largest absolute Gasteiger partial charge is 0.309 e. The molecule has 8 nitrogen and oxygen atoms in total. The van der Waals surface area contributed by atoms with Crippen LogP contribution in [-0.4, -0.2) is 32.4 Å². The molecule has 7 heterocycles. The highest BCUT2D eigenvalue weighted by molar-refractivity contribution is 6.17. The van der Waals surface area contributed by atoms with Crippen LogP contribution in [-0.2, 0) is 0 Å². The number of pyridine rings is 1. The second kappa shape index (κ2) is 19.2. The fourth-order valence-electron chi connectivity index (χ4n) is 15.7. The smallest absolute Gasteiger partial charge is 0.0991 e. The molecule has 426 valence electrons. The summed E-state index contributed by atoms with van der Waals surface area (Å²) in [5, 5.41) is 24.9. The third kappa shape index (κ3) is 7.01. The van der Waals surface area contributed by atoms with E-state index in [0.29, 0.717) is 5.56 Å². The minimum atomic E-state index is 0.560. The van der Waals surface area contributed by atoms with Crippen LogP contribution in [0, 0.1) is 11.3 Å². The van der Waals surface area contributed by atoms with Gasteiger partial charge in [0.05, 0.1) is 102 Å². The van der Waals surface area contributed by atoms with Crippen molar-refractivity contribution in [3.05, 3.63) is 309 Å². The van der Waals surface area contributed by atoms with Gasteiger partial charge in [0.2, 0.25) is 0 Å². The van der Waals surface area contributed by atoms with Gasteiger partial charge in [0.1, 0.15) is 0 Å². The molecule has 0 saturated carbocycles. The summed E-state index contributed by atoms with van der Waals surface area (Å²) in [6.07, 6.45) is 4.08. The quantitative estimate of drug-likeness (QED) is 0.160. The maximum absolute atomic E-state index is 10.9. The number of aromatic nitrogens is 7. The van der Waals surface area contributed by atoms with Crippen molar-refractivity contribution in [2.45, 2.75) is 0 Å². The summed E-state index contributed by atoms with van der Waals surface area (Å²) in [5.74, 6) is 0. The van der Waals surface area contributed by atoms with Gasteiger partial charge in [-0.15, -0.1) is 0 Å². The number of nitrogens with zero attached hydrogens (tertiary/aromatic N) is 8. The second-order valence-corrected chi connectivity index (χ2v) is 24.2. The summed E-state index contributed by atoms with van der Waals surface area (Å²) in [4.78, 5) is 5.44. The molecule has 0 aliphatic heterocycles. The lowest BCUT2D eigenvalue weighted by atomic mass is 10.0. The summed E-state index contributed by atoms with van der Waals surface area (Å²) in [7, 11) is 0. The van der Waals surface area contributed by atoms with Gasteiger partial charge in [-0.3, -0.25) is 4.98 Å². The summed E-state index contributed by atoms with van der Waals surface area (Å²) in [6, 6.07) is 108. The Labute approximate surface area is 526 Å². The monoisotopic (exact) mass is 1170 g/mol. The highest BCUT2D eigenvalue weighted by Crippen LogP contribution is 2.46. The van der Waals surface area contributed by atoms with Gasteiger partial charge < -0.3 is 27.4 Å². The molecule has 8 heteroatoms. The maximum atomic E-state index is 10.9. The van der Waals surface area contributed by atoms with Gasteiger partial charge in [-0.25, -0.2) is 0 Å². The standard InChI is InChI=1S/C84H50N8/c85-49-52-18-17-19-53(44-52)84-82(91-78-45-54(87-70-28-9-1-20-58(70)59-21-2-10-29-71(59)87)36-40-66(78)67-41-37-55(46-79(67)91)88-72-30-11-3-22-60(72)61-23-4-12-31-73(61)88)50-86-51-83(84)92-80-47-56(89-74-32-13-5-24-62(74)63-25-6-14-33-75(63)89)38-42-68(80)69-43-39-57(48-81(69)92)90-76-34-15-7-26-64(76)65-27-8-16-35-77(65)90/h1-48,50-51H. The molecule has 0 aliphatic rings. The predicted molar refractivity (Wildman–Crippen MR) is 380 cm³/mol. The van der Waals surface area contributed by atoms with Crippen molar-refractivity contribution in [2.24, 2.45) is 0 Å². The van der Waals surface area contributed by atoms with Crippen LogP contribution in [0.2, 0.25) is 0 Å². The van der Waals surface area contributed by atoms with Crippen LogP contribution in [0.3, 0.4) is 0 Å². The molecule has 13 aromatic carbocycles. The Morgan fingerprint density at radius 3 is 0.739 bits per heavy atom. The topological polar surface area (TPSA) is 66.3 Å². The summed E-state index contributed by atoms with van der Waals surface area (Å²) in [6.45, 7) is 0. The van der Waals surface area contributed by atoms with Crippen molar-refractivity contribution >= 4 is 131 Å². The molecule has 20 aromatic rings. The lowest BCUT2D eigenvalue weighted by molar-refractivity contribution is 1.08. The van der Waals surface area contributed by atoms with Crippen LogP contribution in [0.15, 0.2) is 304 Å². The lowest BCUT2D eigenvalue weighted by Gasteiger charge is -2.20. The first-order valence-corrected chi connectivity index (χ1v) is 31.2. The number of benzene rings is 13. The van der Waals surface area contributed by atoms with E-state index in [2.05, 4.69) is 306 Å². The molecule has 0 fully saturated rings. The van der Waals surface area contributed by atoms with E-state index in [0.717, 1.165) is 133 Å². The van der Waals surface area contributed by atoms with Gasteiger partial charge in [-0.1, -0.05) is 182 Å². The van der Waals surface area contributed by atoms with Crippen LogP contribution in [0.4, 0.5) is 0 Å². The highest BCUT2D eigenvalue weighted by Gasteiger charge is 2.26. The molecule has 0 amide bonds. The van der Waals surface area contributed by atoms with Crippen molar-refractivity contribution in [3.63, 3.8) is 0 Å². The highest BCUT2D eigenvalue weighted by atomic mass is 15.1. The van der Waals surface area contributed by atoms with E-state index in [1.54, 1.807) is 0 Å². The average Bonchev–Trinajstić information content (AvgIpc) is 1.56. The molecule has 0 saturated heterocycles. The Hall–Kier alpha value is -12.7. The summed E-state index contributed by atoms with van der Waals surface area (Å²) in [5.41, 5.74) is 21.4. The third-order valence-corrected chi connectivity index (χ3v) is 19.5. The molecular formula is C84H50N8. The van der Waals surface area contributed by atoms with E-state index in [4.69, 9.17) is 4.98 Å². The van der Waals surface area contributed by atoms with Gasteiger partial charge in [-0.05, 0) is 115 Å². The lowest BCUT2D eigenvalue weighted by Crippen LogP contribution is -2.06. The second-order valence-electron chi connectivity index (χ2n) is 24.2. The average molecular weight is 1170 g/mol. The van der Waals surface area contributed by atoms with Gasteiger partial charge in [-0.2, -0.15) is 5.26 Å². The number of nitriles is 1. The minimum Gasteiger partial charge on any atom is -0.309 e. The van der Waals surface area contributed by atoms with Crippen LogP contribution >= 0.6 is 0 Å². The summed E-state index contributed by atoms with van der Waals surface area (Å²) < 4.78 is 14.5. The number of para-hydroxylation sites is 8. The zero-order chi connectivity index (χ0) is 60.3. The number of fused-ring (bicyclic) bond motifs is 18. The van der Waals surface area contributed by atoms with Crippen molar-refractivity contribution in [2.75, 3.05) is 0 Å². The molecule has 20 rings (SSSR count). The van der Waals surface area contributed by atoms with Crippen molar-refractivity contribution in [1.29, 1.82) is 5.26 Å². The molecular weight excluding hydrogens is 1120 g/mol. The molecule has 0 atom stereocenters. The molecule has 92 heavy (non-hydrogen) atoms. The molecule has 0 radical (unpaired) electrons. The Bertz CT molecular complexity index is 5680. The SMILES string of the molecule is N#Cc1cccc(-c2c(-n3c4cc(-n5c6ccccc6c6ccccc65)ccc4c4ccc(-n5c6ccccc6c6ccccc65)cc43)cncc2-n2c3cc(-n4c5ccccc5c5ccccc54)ccc3c3ccc(-n4c5ccccc5c5ccccc54)cc32)c1. The van der Waals surface area contributed by atoms with Gasteiger partial charge in [0.25, 0.3) is 0 Å². The van der Waals surface area contributed by atoms with Gasteiger partial charge >= 0.3 is 0 Å². The van der Waals surface area contributed by atoms with Crippen LogP contribution in [0.25, 0.3) is 176 Å². The predicted octanol–water partition coefficient (Wildman–Crippen LogP) is 21.2. The van der Waals surface area contributed by atoms with Crippen LogP contribution in [0.5, 0.6) is 0 Å². The van der Waals surface area contributed by atoms with Gasteiger partial charge in [0, 0.05) is 92.9 Å². The van der Waals surface area contributed by atoms with Gasteiger partial charge in [0.15, 0.2) is 0 Å². The Balaban J connectivity index is 0.934. The zero-order valence-corrected chi connectivity index (χ0v) is 49.4. The zero-order valence-electron chi connectivity index (χ0n) is 49.4. The van der Waals surface area contributed by atoms with E-state index in [1.165, 1.54) is 43.1 Å². The minimum absolute atomic E-state index is 0.560. The first-order valence-electron chi connectivity index (χ1n) is 31.2. The Kier molecular flexibility index (Phi) is 10.5. The van der Waals surface area contributed by atoms with E-state index in [-0.39, 0.29) is 0 Å². The molecule has 0 unspecified atom stereocenters. The van der Waals surface area contributed by atoms with E-state index in [1.807, 2.05) is 30.6 Å². The Morgan fingerprint density at radius 2 is 0.478 bits per heavy atom. The summed E-state index contributed by atoms with van der Waals surface area (Å²) >= 11 is 0. The van der Waals surface area contributed by atoms with Crippen LogP contribution < -0.4 is 0 Å². The fourth-order valence-corrected chi connectivity index (χ4v) is 15.7. The fraction of sp³-hybridized carbons (Fsp3) is 0. The first-order chi connectivity index (χ1) is 45.6. The molecule has 0 aliphatic carbocycles. The van der Waals surface area contributed by atoms with E-state index in [9.17, 15) is 5.26 Å². The van der Waals surface area contributed by atoms with E-state index < -0.39 is 0 Å². The molecule has 0 N–H and O–H groups in total. The number of rotatable bonds is 7. The number of hydrogen-bond donors (Lipinski definition) is 0. The maximum Gasteiger partial charge on any atom is 0.0991 e. The third-order valence-electron chi connectivity index (χ3n) is 19.5. The molecule has 7 aromatic heterocycles. The Morgan fingerprint density at radius 1 is 0.228 bits per heavy atom. The first kappa shape index (κ1) is 50.3. The number of hydrogen-bond acceptors (Lipinski definition) is 2. The van der Waals surface area contributed by atoms with Crippen molar-refractivity contribution in [3.8, 4) is 51.3 Å². The van der Waals surface area contributed by atoms with Crippen LogP contribution in [0.1, 0.15) is 5.56 Å². The normalized spacial score (nSPS) is 12.1. The molecule has 0 spiro atoms. The van der Waals surface area contributed by atoms with E-state index >= 15 is 0 Å².